The maximum atomic E-state index is 13.0. The molecular formula is C19H23N5O3. The number of hydrogen-bond donors (Lipinski definition) is 1. The number of aromatic nitrogens is 4. The molecule has 27 heavy (non-hydrogen) atoms. The Morgan fingerprint density at radius 1 is 1.33 bits per heavy atom. The Labute approximate surface area is 156 Å². The lowest BCUT2D eigenvalue weighted by Crippen LogP contribution is -2.38. The number of amides is 1. The number of aromatic amines is 1. The number of rotatable bonds is 3. The number of H-pyrrole nitrogens is 1. The number of hydrogen-bond acceptors (Lipinski definition) is 5. The van der Waals surface area contributed by atoms with E-state index in [-0.39, 0.29) is 23.3 Å². The summed E-state index contributed by atoms with van der Waals surface area (Å²) in [4.78, 5) is 31.8. The quantitative estimate of drug-likeness (QED) is 0.765. The van der Waals surface area contributed by atoms with Crippen molar-refractivity contribution < 1.29 is 9.32 Å². The van der Waals surface area contributed by atoms with Crippen molar-refractivity contribution in [3.8, 4) is 0 Å². The topological polar surface area (TPSA) is 96.5 Å². The smallest absolute Gasteiger partial charge is 0.293 e. The number of fused-ring (bicyclic) bond motifs is 1. The summed E-state index contributed by atoms with van der Waals surface area (Å²) < 4.78 is 6.70. The number of likely N-dealkylation sites (tertiary alicyclic amines) is 1. The summed E-state index contributed by atoms with van der Waals surface area (Å²) in [6.45, 7) is 6.20. The van der Waals surface area contributed by atoms with Crippen molar-refractivity contribution >= 4 is 11.6 Å². The highest BCUT2D eigenvalue weighted by molar-refractivity contribution is 5.91. The third-order valence-electron chi connectivity index (χ3n) is 5.36. The van der Waals surface area contributed by atoms with E-state index in [1.807, 2.05) is 19.9 Å². The van der Waals surface area contributed by atoms with Gasteiger partial charge in [-0.1, -0.05) is 12.1 Å². The Balaban J connectivity index is 1.72. The van der Waals surface area contributed by atoms with E-state index in [4.69, 9.17) is 4.52 Å². The molecule has 1 aliphatic heterocycles. The summed E-state index contributed by atoms with van der Waals surface area (Å²) in [6, 6.07) is 3.42. The molecule has 1 fully saturated rings. The number of carbonyl (C=O) groups is 1. The number of nitrogens with one attached hydrogen (secondary N) is 1. The first-order valence-electron chi connectivity index (χ1n) is 9.35. The van der Waals surface area contributed by atoms with Crippen molar-refractivity contribution in [1.82, 2.24) is 24.7 Å². The first kappa shape index (κ1) is 17.5. The maximum absolute atomic E-state index is 13.0. The molecule has 8 nitrogen and oxygen atoms in total. The largest absolute Gasteiger partial charge is 0.351 e. The van der Waals surface area contributed by atoms with Gasteiger partial charge in [0, 0.05) is 29.9 Å². The Hall–Kier alpha value is -2.90. The van der Waals surface area contributed by atoms with Crippen molar-refractivity contribution in [2.45, 2.75) is 52.5 Å². The van der Waals surface area contributed by atoms with Crippen molar-refractivity contribution in [3.63, 3.8) is 0 Å². The first-order chi connectivity index (χ1) is 13.0. The van der Waals surface area contributed by atoms with Gasteiger partial charge in [-0.05, 0) is 39.5 Å². The van der Waals surface area contributed by atoms with Gasteiger partial charge in [-0.2, -0.15) is 0 Å². The van der Waals surface area contributed by atoms with Gasteiger partial charge >= 0.3 is 0 Å². The van der Waals surface area contributed by atoms with Gasteiger partial charge in [-0.25, -0.2) is 9.50 Å². The fraction of sp³-hybridized carbons (Fsp3) is 0.474. The molecule has 0 spiro atoms. The van der Waals surface area contributed by atoms with Crippen LogP contribution in [0.1, 0.15) is 65.4 Å². The standard InChI is InChI=1S/C19H23N5O3/c1-4-13-9-16(27-22-13)19(26)23-8-6-5-7-15(23)14-10-17-20-12(3)11(2)18(25)24(17)21-14/h9-10,15,21H,4-8H2,1-3H3/t15-/m0/s1. The minimum absolute atomic E-state index is 0.111. The Kier molecular flexibility index (Phi) is 4.33. The molecule has 4 rings (SSSR count). The zero-order valence-corrected chi connectivity index (χ0v) is 15.8. The van der Waals surface area contributed by atoms with Crippen LogP contribution >= 0.6 is 0 Å². The molecule has 0 unspecified atom stereocenters. The highest BCUT2D eigenvalue weighted by Crippen LogP contribution is 2.31. The van der Waals surface area contributed by atoms with E-state index >= 15 is 0 Å². The number of nitrogens with zero attached hydrogens (tertiary/aromatic N) is 4. The molecule has 0 aliphatic carbocycles. The molecule has 142 valence electrons. The molecule has 1 aliphatic rings. The second-order valence-corrected chi connectivity index (χ2v) is 7.08. The summed E-state index contributed by atoms with van der Waals surface area (Å²) in [7, 11) is 0. The fourth-order valence-electron chi connectivity index (χ4n) is 3.63. The van der Waals surface area contributed by atoms with Gasteiger partial charge in [0.1, 0.15) is 0 Å². The van der Waals surface area contributed by atoms with Gasteiger partial charge in [0.15, 0.2) is 5.65 Å². The predicted octanol–water partition coefficient (Wildman–Crippen LogP) is 2.56. The summed E-state index contributed by atoms with van der Waals surface area (Å²) in [5.74, 6) is 0.0927. The zero-order valence-electron chi connectivity index (χ0n) is 15.8. The molecule has 3 aromatic rings. The second kappa shape index (κ2) is 6.68. The van der Waals surface area contributed by atoms with Gasteiger partial charge in [0.05, 0.1) is 17.4 Å². The lowest BCUT2D eigenvalue weighted by atomic mass is 9.99. The molecule has 0 radical (unpaired) electrons. The lowest BCUT2D eigenvalue weighted by molar-refractivity contribution is 0.0563. The van der Waals surface area contributed by atoms with Crippen LogP contribution in [0, 0.1) is 13.8 Å². The van der Waals surface area contributed by atoms with Crippen LogP contribution in [0.5, 0.6) is 0 Å². The van der Waals surface area contributed by atoms with Crippen LogP contribution in [-0.4, -0.2) is 37.1 Å². The predicted molar refractivity (Wildman–Crippen MR) is 98.8 cm³/mol. The molecule has 8 heteroatoms. The number of carbonyl (C=O) groups excluding carboxylic acids is 1. The zero-order chi connectivity index (χ0) is 19.1. The second-order valence-electron chi connectivity index (χ2n) is 7.08. The average Bonchev–Trinajstić information content (AvgIpc) is 3.33. The van der Waals surface area contributed by atoms with Crippen LogP contribution in [0.2, 0.25) is 0 Å². The molecule has 0 aromatic carbocycles. The molecule has 1 atom stereocenters. The van der Waals surface area contributed by atoms with Crippen LogP contribution in [0.3, 0.4) is 0 Å². The Morgan fingerprint density at radius 2 is 2.15 bits per heavy atom. The van der Waals surface area contributed by atoms with E-state index in [9.17, 15) is 9.59 Å². The van der Waals surface area contributed by atoms with Crippen LogP contribution in [-0.2, 0) is 6.42 Å². The molecule has 1 amide bonds. The Bertz CT molecular complexity index is 1060. The highest BCUT2D eigenvalue weighted by Gasteiger charge is 2.32. The average molecular weight is 369 g/mol. The summed E-state index contributed by atoms with van der Waals surface area (Å²) in [5, 5.41) is 7.08. The van der Waals surface area contributed by atoms with Gasteiger partial charge in [0.25, 0.3) is 11.5 Å². The van der Waals surface area contributed by atoms with E-state index in [0.717, 1.165) is 42.8 Å². The van der Waals surface area contributed by atoms with E-state index in [2.05, 4.69) is 15.2 Å². The first-order valence-corrected chi connectivity index (χ1v) is 9.35. The van der Waals surface area contributed by atoms with Gasteiger partial charge in [-0.3, -0.25) is 14.7 Å². The molecule has 1 saturated heterocycles. The van der Waals surface area contributed by atoms with Crippen molar-refractivity contribution in [1.29, 1.82) is 0 Å². The van der Waals surface area contributed by atoms with Gasteiger partial charge < -0.3 is 9.42 Å². The summed E-state index contributed by atoms with van der Waals surface area (Å²) in [6.07, 6.45) is 3.49. The third kappa shape index (κ3) is 2.94. The maximum Gasteiger partial charge on any atom is 0.293 e. The fourth-order valence-corrected chi connectivity index (χ4v) is 3.63. The van der Waals surface area contributed by atoms with Gasteiger partial charge in [0.2, 0.25) is 5.76 Å². The van der Waals surface area contributed by atoms with E-state index in [1.165, 1.54) is 4.52 Å². The van der Waals surface area contributed by atoms with Gasteiger partial charge in [-0.15, -0.1) is 0 Å². The normalized spacial score (nSPS) is 17.6. The number of piperidine rings is 1. The van der Waals surface area contributed by atoms with Crippen LogP contribution in [0.15, 0.2) is 21.5 Å². The van der Waals surface area contributed by atoms with Crippen molar-refractivity contribution in [2.75, 3.05) is 6.54 Å². The molecule has 0 saturated carbocycles. The minimum Gasteiger partial charge on any atom is -0.351 e. The third-order valence-corrected chi connectivity index (χ3v) is 5.36. The minimum atomic E-state index is -0.168. The van der Waals surface area contributed by atoms with Crippen molar-refractivity contribution in [3.05, 3.63) is 50.9 Å². The van der Waals surface area contributed by atoms with E-state index in [1.54, 1.807) is 17.9 Å². The summed E-state index contributed by atoms with van der Waals surface area (Å²) >= 11 is 0. The molecule has 1 N–H and O–H groups in total. The monoisotopic (exact) mass is 369 g/mol. The van der Waals surface area contributed by atoms with E-state index in [0.29, 0.717) is 17.8 Å². The van der Waals surface area contributed by atoms with Crippen LogP contribution in [0.25, 0.3) is 5.65 Å². The highest BCUT2D eigenvalue weighted by atomic mass is 16.5. The number of aryl methyl sites for hydroxylation is 2. The molecular weight excluding hydrogens is 346 g/mol. The molecule has 4 heterocycles. The molecule has 3 aromatic heterocycles. The lowest BCUT2D eigenvalue weighted by Gasteiger charge is -2.34. The SMILES string of the molecule is CCc1cc(C(=O)N2CCCC[C@H]2c2cc3nc(C)c(C)c(=O)n3[nH]2)on1. The molecule has 0 bridgehead atoms. The van der Waals surface area contributed by atoms with Crippen molar-refractivity contribution in [2.24, 2.45) is 0 Å². The van der Waals surface area contributed by atoms with E-state index < -0.39 is 0 Å². The van der Waals surface area contributed by atoms with Crippen LogP contribution in [0.4, 0.5) is 0 Å². The summed E-state index contributed by atoms with van der Waals surface area (Å²) in [5.41, 5.74) is 3.37. The Morgan fingerprint density at radius 3 is 2.89 bits per heavy atom. The van der Waals surface area contributed by atoms with Crippen LogP contribution < -0.4 is 5.56 Å².